The Kier molecular flexibility index (Phi) is 4.17. The van der Waals surface area contributed by atoms with Gasteiger partial charge in [0.25, 0.3) is 5.91 Å². The van der Waals surface area contributed by atoms with E-state index in [1.807, 2.05) is 19.9 Å². The van der Waals surface area contributed by atoms with Crippen molar-refractivity contribution in [2.24, 2.45) is 0 Å². The number of aryl methyl sites for hydroxylation is 2. The minimum absolute atomic E-state index is 0.201. The fraction of sp³-hybridized carbons (Fsp3) is 0.471. The van der Waals surface area contributed by atoms with Crippen LogP contribution in [0.1, 0.15) is 47.6 Å². The zero-order chi connectivity index (χ0) is 17.3. The molecule has 3 heterocycles. The maximum atomic E-state index is 12.0. The van der Waals surface area contributed by atoms with Crippen LogP contribution in [0.3, 0.4) is 0 Å². The van der Waals surface area contributed by atoms with Gasteiger partial charge in [0.15, 0.2) is 5.82 Å². The number of nitrogens with zero attached hydrogens (tertiary/aromatic N) is 5. The van der Waals surface area contributed by atoms with Crippen molar-refractivity contribution >= 4 is 11.7 Å². The summed E-state index contributed by atoms with van der Waals surface area (Å²) in [6.45, 7) is 6.75. The number of hydrogen-bond donors (Lipinski definition) is 1. The van der Waals surface area contributed by atoms with Crippen molar-refractivity contribution in [3.63, 3.8) is 0 Å². The second-order valence-electron chi connectivity index (χ2n) is 6.29. The summed E-state index contributed by atoms with van der Waals surface area (Å²) < 4.78 is 0. The number of carbonyl (C=O) groups excluding carboxylic acids is 1. The fourth-order valence-corrected chi connectivity index (χ4v) is 3.21. The third-order valence-electron chi connectivity index (χ3n) is 4.47. The molecule has 0 saturated carbocycles. The molecule has 0 radical (unpaired) electrons. The topological polar surface area (TPSA) is 83.9 Å². The molecular formula is C17H22N6O. The molecule has 2 aromatic rings. The molecule has 7 nitrogen and oxygen atoms in total. The lowest BCUT2D eigenvalue weighted by Gasteiger charge is -2.35. The van der Waals surface area contributed by atoms with Crippen LogP contribution in [-0.2, 0) is 5.54 Å². The molecule has 0 bridgehead atoms. The van der Waals surface area contributed by atoms with Gasteiger partial charge < -0.3 is 10.2 Å². The van der Waals surface area contributed by atoms with Crippen molar-refractivity contribution in [2.45, 2.75) is 39.2 Å². The Balaban J connectivity index is 2.06. The number of nitrogens with one attached hydrogen (secondary N) is 1. The van der Waals surface area contributed by atoms with Crippen LogP contribution >= 0.6 is 0 Å². The first-order valence-corrected chi connectivity index (χ1v) is 8.09. The Bertz CT molecular complexity index is 777. The summed E-state index contributed by atoms with van der Waals surface area (Å²) in [7, 11) is 1.60. The SMILES string of the molecule is CNC(=O)c1cc(C)nc(C2(C)CCCN2c2ccnc(C)n2)n1. The van der Waals surface area contributed by atoms with Gasteiger partial charge in [-0.3, -0.25) is 4.79 Å². The Morgan fingerprint density at radius 1 is 1.29 bits per heavy atom. The summed E-state index contributed by atoms with van der Waals surface area (Å²) in [6, 6.07) is 3.62. The molecule has 3 rings (SSSR count). The van der Waals surface area contributed by atoms with Crippen LogP contribution in [0.15, 0.2) is 18.3 Å². The summed E-state index contributed by atoms with van der Waals surface area (Å²) in [6.07, 6.45) is 3.70. The van der Waals surface area contributed by atoms with E-state index in [1.165, 1.54) is 0 Å². The maximum Gasteiger partial charge on any atom is 0.269 e. The van der Waals surface area contributed by atoms with E-state index in [2.05, 4.69) is 37.1 Å². The number of anilines is 1. The first-order valence-electron chi connectivity index (χ1n) is 8.09. The smallest absolute Gasteiger partial charge is 0.269 e. The summed E-state index contributed by atoms with van der Waals surface area (Å²) in [5, 5.41) is 2.63. The number of rotatable bonds is 3. The fourth-order valence-electron chi connectivity index (χ4n) is 3.21. The van der Waals surface area contributed by atoms with Gasteiger partial charge in [0, 0.05) is 25.5 Å². The van der Waals surface area contributed by atoms with Crippen molar-refractivity contribution < 1.29 is 4.79 Å². The monoisotopic (exact) mass is 326 g/mol. The van der Waals surface area contributed by atoms with Crippen molar-refractivity contribution in [1.29, 1.82) is 0 Å². The van der Waals surface area contributed by atoms with Crippen molar-refractivity contribution in [3.05, 3.63) is 41.4 Å². The Morgan fingerprint density at radius 3 is 2.79 bits per heavy atom. The minimum Gasteiger partial charge on any atom is -0.354 e. The zero-order valence-corrected chi connectivity index (χ0v) is 14.5. The van der Waals surface area contributed by atoms with Gasteiger partial charge >= 0.3 is 0 Å². The van der Waals surface area contributed by atoms with E-state index in [9.17, 15) is 4.79 Å². The van der Waals surface area contributed by atoms with E-state index >= 15 is 0 Å². The van der Waals surface area contributed by atoms with Crippen LogP contribution in [0, 0.1) is 13.8 Å². The zero-order valence-electron chi connectivity index (χ0n) is 14.5. The second kappa shape index (κ2) is 6.14. The summed E-state index contributed by atoms with van der Waals surface area (Å²) in [5.74, 6) is 2.06. The first kappa shape index (κ1) is 16.3. The Morgan fingerprint density at radius 2 is 2.08 bits per heavy atom. The molecule has 0 aliphatic carbocycles. The normalized spacial score (nSPS) is 20.2. The Hall–Kier alpha value is -2.57. The number of aromatic nitrogens is 4. The Labute approximate surface area is 141 Å². The summed E-state index contributed by atoms with van der Waals surface area (Å²) >= 11 is 0. The molecule has 0 spiro atoms. The largest absolute Gasteiger partial charge is 0.354 e. The van der Waals surface area contributed by atoms with Gasteiger partial charge in [0.05, 0.1) is 5.54 Å². The van der Waals surface area contributed by atoms with Crippen LogP contribution in [0.25, 0.3) is 0 Å². The van der Waals surface area contributed by atoms with Crippen LogP contribution in [-0.4, -0.2) is 39.4 Å². The number of amides is 1. The van der Waals surface area contributed by atoms with Gasteiger partial charge in [0.1, 0.15) is 17.3 Å². The van der Waals surface area contributed by atoms with E-state index in [1.54, 1.807) is 19.3 Å². The van der Waals surface area contributed by atoms with Crippen LogP contribution in [0.2, 0.25) is 0 Å². The highest BCUT2D eigenvalue weighted by Gasteiger charge is 2.42. The lowest BCUT2D eigenvalue weighted by atomic mass is 9.97. The van der Waals surface area contributed by atoms with Gasteiger partial charge in [-0.05, 0) is 45.7 Å². The second-order valence-corrected chi connectivity index (χ2v) is 6.29. The molecule has 1 amide bonds. The molecule has 1 atom stereocenters. The quantitative estimate of drug-likeness (QED) is 0.925. The van der Waals surface area contributed by atoms with Gasteiger partial charge in [-0.25, -0.2) is 19.9 Å². The molecule has 1 aliphatic heterocycles. The summed E-state index contributed by atoms with van der Waals surface area (Å²) in [4.78, 5) is 32.1. The van der Waals surface area contributed by atoms with Crippen LogP contribution < -0.4 is 10.2 Å². The summed E-state index contributed by atoms with van der Waals surface area (Å²) in [5.41, 5.74) is 0.785. The highest BCUT2D eigenvalue weighted by molar-refractivity contribution is 5.92. The molecule has 2 aromatic heterocycles. The number of carbonyl (C=O) groups is 1. The van der Waals surface area contributed by atoms with Gasteiger partial charge in [-0.15, -0.1) is 0 Å². The highest BCUT2D eigenvalue weighted by atomic mass is 16.1. The standard InChI is InChI=1S/C17H22N6O/c1-11-10-13(15(24)18-4)22-16(20-11)17(3)7-5-9-23(17)14-6-8-19-12(2)21-14/h6,8,10H,5,7,9H2,1-4H3,(H,18,24). The maximum absolute atomic E-state index is 12.0. The average Bonchev–Trinajstić information content (AvgIpc) is 2.96. The molecule has 1 saturated heterocycles. The third-order valence-corrected chi connectivity index (χ3v) is 4.47. The predicted octanol–water partition coefficient (Wildman–Crippen LogP) is 1.76. The van der Waals surface area contributed by atoms with Crippen molar-refractivity contribution in [3.8, 4) is 0 Å². The van der Waals surface area contributed by atoms with Crippen molar-refractivity contribution in [1.82, 2.24) is 25.3 Å². The van der Waals surface area contributed by atoms with Gasteiger partial charge in [-0.1, -0.05) is 0 Å². The molecule has 24 heavy (non-hydrogen) atoms. The highest BCUT2D eigenvalue weighted by Crippen LogP contribution is 2.39. The van der Waals surface area contributed by atoms with Crippen molar-refractivity contribution in [2.75, 3.05) is 18.5 Å². The molecule has 1 unspecified atom stereocenters. The van der Waals surface area contributed by atoms with E-state index in [0.717, 1.165) is 36.7 Å². The van der Waals surface area contributed by atoms with E-state index in [4.69, 9.17) is 0 Å². The molecule has 1 aliphatic rings. The molecule has 126 valence electrons. The van der Waals surface area contributed by atoms with Crippen LogP contribution in [0.4, 0.5) is 5.82 Å². The predicted molar refractivity (Wildman–Crippen MR) is 90.9 cm³/mol. The number of hydrogen-bond acceptors (Lipinski definition) is 6. The lowest BCUT2D eigenvalue weighted by Crippen LogP contribution is -2.41. The van der Waals surface area contributed by atoms with E-state index < -0.39 is 5.54 Å². The molecular weight excluding hydrogens is 304 g/mol. The van der Waals surface area contributed by atoms with Gasteiger partial charge in [0.2, 0.25) is 0 Å². The van der Waals surface area contributed by atoms with Gasteiger partial charge in [-0.2, -0.15) is 0 Å². The lowest BCUT2D eigenvalue weighted by molar-refractivity contribution is 0.0957. The third kappa shape index (κ3) is 2.81. The van der Waals surface area contributed by atoms with E-state index in [-0.39, 0.29) is 5.91 Å². The molecule has 1 fully saturated rings. The average molecular weight is 326 g/mol. The van der Waals surface area contributed by atoms with Crippen LogP contribution in [0.5, 0.6) is 0 Å². The molecule has 7 heteroatoms. The van der Waals surface area contributed by atoms with E-state index in [0.29, 0.717) is 11.5 Å². The first-order chi connectivity index (χ1) is 11.4. The molecule has 0 aromatic carbocycles. The molecule has 1 N–H and O–H groups in total. The minimum atomic E-state index is -0.393.